The van der Waals surface area contributed by atoms with Crippen molar-refractivity contribution in [2.45, 2.75) is 65.5 Å². The lowest BCUT2D eigenvalue weighted by atomic mass is 9.81. The van der Waals surface area contributed by atoms with E-state index in [9.17, 15) is 10.1 Å². The van der Waals surface area contributed by atoms with Crippen molar-refractivity contribution in [3.63, 3.8) is 0 Å². The Morgan fingerprint density at radius 1 is 1.42 bits per heavy atom. The van der Waals surface area contributed by atoms with E-state index in [1.54, 1.807) is 0 Å². The molecule has 1 amide bonds. The lowest BCUT2D eigenvalue weighted by Gasteiger charge is -2.41. The first kappa shape index (κ1) is 16.8. The highest BCUT2D eigenvalue weighted by atomic mass is 16.2. The van der Waals surface area contributed by atoms with Gasteiger partial charge in [0.1, 0.15) is 0 Å². The summed E-state index contributed by atoms with van der Waals surface area (Å²) >= 11 is 0. The van der Waals surface area contributed by atoms with Gasteiger partial charge < -0.3 is 4.90 Å². The molecule has 1 aliphatic heterocycles. The van der Waals surface area contributed by atoms with E-state index in [4.69, 9.17) is 0 Å². The van der Waals surface area contributed by atoms with Gasteiger partial charge in [-0.1, -0.05) is 27.7 Å². The highest BCUT2D eigenvalue weighted by molar-refractivity contribution is 6.00. The monoisotopic (exact) mass is 326 g/mol. The van der Waals surface area contributed by atoms with Crippen LogP contribution < -0.4 is 5.32 Å². The second-order valence-corrected chi connectivity index (χ2v) is 8.12. The Hall–Kier alpha value is -2.09. The van der Waals surface area contributed by atoms with E-state index in [1.165, 1.54) is 6.42 Å². The number of aliphatic imine (C=N–C) groups is 1. The van der Waals surface area contributed by atoms with E-state index < -0.39 is 0 Å². The van der Waals surface area contributed by atoms with Crippen molar-refractivity contribution in [2.75, 3.05) is 0 Å². The molecular formula is C19H26N4O. The minimum absolute atomic E-state index is 0.0123. The van der Waals surface area contributed by atoms with Gasteiger partial charge in [0.05, 0.1) is 17.8 Å². The fraction of sp³-hybridized carbons (Fsp3) is 0.632. The largest absolute Gasteiger partial charge is 0.330 e. The third-order valence-electron chi connectivity index (χ3n) is 5.56. The van der Waals surface area contributed by atoms with Crippen LogP contribution in [0.2, 0.25) is 0 Å². The average Bonchev–Trinajstić information content (AvgIpc) is 2.81. The summed E-state index contributed by atoms with van der Waals surface area (Å²) in [7, 11) is 0. The highest BCUT2D eigenvalue weighted by Gasteiger charge is 2.41. The molecule has 0 saturated heterocycles. The van der Waals surface area contributed by atoms with Gasteiger partial charge in [0.25, 0.3) is 0 Å². The minimum Gasteiger partial charge on any atom is -0.330 e. The fourth-order valence-electron chi connectivity index (χ4n) is 3.24. The Bertz CT molecular complexity index is 670. The molecule has 5 nitrogen and oxygen atoms in total. The molecule has 1 fully saturated rings. The van der Waals surface area contributed by atoms with Gasteiger partial charge in [-0.15, -0.1) is 0 Å². The molecule has 2 atom stereocenters. The molecule has 1 unspecified atom stereocenters. The predicted octanol–water partition coefficient (Wildman–Crippen LogP) is 3.12. The number of rotatable bonds is 2. The van der Waals surface area contributed by atoms with E-state index in [1.807, 2.05) is 19.1 Å². The highest BCUT2D eigenvalue weighted by Crippen LogP contribution is 2.37. The standard InChI is InChI=1S/C19H26N4O/c1-12(19(2,3)4)17(24)22-18-21-15-9-8-13(11-20)10-16(15)23(18)14-6-5-7-14/h8-9,12,14,16H,5-7,10H2,1-4H3,(H,21,22,24)/t12-,16?/m1/s1. The Balaban J connectivity index is 1.82. The zero-order valence-corrected chi connectivity index (χ0v) is 15.0. The van der Waals surface area contributed by atoms with Crippen molar-refractivity contribution in [2.24, 2.45) is 16.3 Å². The molecule has 0 aromatic heterocycles. The van der Waals surface area contributed by atoms with Crippen LogP contribution in [0.15, 0.2) is 28.4 Å². The zero-order valence-electron chi connectivity index (χ0n) is 15.0. The van der Waals surface area contributed by atoms with Gasteiger partial charge in [0, 0.05) is 24.0 Å². The van der Waals surface area contributed by atoms with Gasteiger partial charge in [-0.25, -0.2) is 4.99 Å². The van der Waals surface area contributed by atoms with Crippen LogP contribution >= 0.6 is 0 Å². The van der Waals surface area contributed by atoms with Gasteiger partial charge in [-0.2, -0.15) is 5.26 Å². The molecule has 0 radical (unpaired) electrons. The fourth-order valence-corrected chi connectivity index (χ4v) is 3.24. The Morgan fingerprint density at radius 3 is 2.67 bits per heavy atom. The van der Waals surface area contributed by atoms with Crippen LogP contribution in [0.5, 0.6) is 0 Å². The number of nitrogens with zero attached hydrogens (tertiary/aromatic N) is 3. The van der Waals surface area contributed by atoms with Crippen molar-refractivity contribution in [1.82, 2.24) is 10.2 Å². The van der Waals surface area contributed by atoms with Gasteiger partial charge in [-0.3, -0.25) is 10.1 Å². The average molecular weight is 326 g/mol. The number of hydrogen-bond donors (Lipinski definition) is 1. The van der Waals surface area contributed by atoms with Crippen LogP contribution in [0.25, 0.3) is 0 Å². The summed E-state index contributed by atoms with van der Waals surface area (Å²) in [6.45, 7) is 8.18. The maximum Gasteiger partial charge on any atom is 0.230 e. The molecule has 0 aromatic rings. The topological polar surface area (TPSA) is 68.5 Å². The summed E-state index contributed by atoms with van der Waals surface area (Å²) in [5.74, 6) is 0.579. The molecule has 3 rings (SSSR count). The number of nitrogens with one attached hydrogen (secondary N) is 1. The number of allylic oxidation sites excluding steroid dienone is 2. The Morgan fingerprint density at radius 2 is 2.12 bits per heavy atom. The van der Waals surface area contributed by atoms with E-state index >= 15 is 0 Å². The van der Waals surface area contributed by atoms with E-state index in [-0.39, 0.29) is 23.3 Å². The van der Waals surface area contributed by atoms with Gasteiger partial charge in [-0.05, 0) is 36.8 Å². The number of fused-ring (bicyclic) bond motifs is 1. The van der Waals surface area contributed by atoms with E-state index in [2.05, 4.69) is 42.0 Å². The van der Waals surface area contributed by atoms with Crippen LogP contribution in [0.3, 0.4) is 0 Å². The summed E-state index contributed by atoms with van der Waals surface area (Å²) in [4.78, 5) is 19.6. The Labute approximate surface area is 144 Å². The summed E-state index contributed by atoms with van der Waals surface area (Å²) in [5, 5.41) is 12.3. The Kier molecular flexibility index (Phi) is 4.25. The zero-order chi connectivity index (χ0) is 17.5. The van der Waals surface area contributed by atoms with Crippen LogP contribution in [0.1, 0.15) is 53.4 Å². The summed E-state index contributed by atoms with van der Waals surface area (Å²) < 4.78 is 0. The molecule has 128 valence electrons. The van der Waals surface area contributed by atoms with Crippen LogP contribution in [-0.2, 0) is 4.79 Å². The number of nitriles is 1. The smallest absolute Gasteiger partial charge is 0.230 e. The summed E-state index contributed by atoms with van der Waals surface area (Å²) in [6.07, 6.45) is 7.91. The first-order valence-corrected chi connectivity index (χ1v) is 8.80. The van der Waals surface area contributed by atoms with Crippen LogP contribution in [-0.4, -0.2) is 28.9 Å². The second-order valence-electron chi connectivity index (χ2n) is 8.12. The molecular weight excluding hydrogens is 300 g/mol. The third kappa shape index (κ3) is 2.98. The quantitative estimate of drug-likeness (QED) is 0.847. The van der Waals surface area contributed by atoms with Gasteiger partial charge in [0.15, 0.2) is 0 Å². The van der Waals surface area contributed by atoms with Gasteiger partial charge in [0.2, 0.25) is 11.9 Å². The maximum absolute atomic E-state index is 12.6. The second kappa shape index (κ2) is 6.08. The predicted molar refractivity (Wildman–Crippen MR) is 93.9 cm³/mol. The molecule has 5 heteroatoms. The van der Waals surface area contributed by atoms with Crippen LogP contribution in [0.4, 0.5) is 0 Å². The van der Waals surface area contributed by atoms with Crippen LogP contribution in [0, 0.1) is 22.7 Å². The molecule has 0 bridgehead atoms. The molecule has 0 spiro atoms. The first-order valence-electron chi connectivity index (χ1n) is 8.80. The third-order valence-corrected chi connectivity index (χ3v) is 5.56. The van der Waals surface area contributed by atoms with Crippen molar-refractivity contribution < 1.29 is 4.79 Å². The van der Waals surface area contributed by atoms with E-state index in [0.29, 0.717) is 18.4 Å². The molecule has 3 aliphatic rings. The summed E-state index contributed by atoms with van der Waals surface area (Å²) in [6, 6.07) is 2.77. The maximum atomic E-state index is 12.6. The number of carbonyl (C=O) groups is 1. The molecule has 2 aliphatic carbocycles. The van der Waals surface area contributed by atoms with Crippen molar-refractivity contribution in [3.05, 3.63) is 23.4 Å². The number of hydrogen-bond acceptors (Lipinski definition) is 4. The van der Waals surface area contributed by atoms with Crippen molar-refractivity contribution >= 4 is 11.9 Å². The SMILES string of the molecule is C[C@H](C(=O)NC1=NC2=CC=C(C#N)CC2N1C1CCC1)C(C)(C)C. The summed E-state index contributed by atoms with van der Waals surface area (Å²) in [5.41, 5.74) is 1.64. The molecule has 24 heavy (non-hydrogen) atoms. The number of guanidine groups is 1. The molecule has 1 saturated carbocycles. The lowest BCUT2D eigenvalue weighted by Crippen LogP contribution is -2.54. The number of amides is 1. The number of carbonyl (C=O) groups excluding carboxylic acids is 1. The lowest BCUT2D eigenvalue weighted by molar-refractivity contribution is -0.126. The molecule has 1 heterocycles. The van der Waals surface area contributed by atoms with Crippen molar-refractivity contribution in [1.29, 1.82) is 5.26 Å². The normalized spacial score (nSPS) is 24.9. The van der Waals surface area contributed by atoms with Gasteiger partial charge >= 0.3 is 0 Å². The van der Waals surface area contributed by atoms with Crippen molar-refractivity contribution in [3.8, 4) is 6.07 Å². The first-order chi connectivity index (χ1) is 11.3. The molecule has 1 N–H and O–H groups in total. The minimum atomic E-state index is -0.104. The van der Waals surface area contributed by atoms with E-state index in [0.717, 1.165) is 24.1 Å². The molecule has 0 aromatic carbocycles.